The van der Waals surface area contributed by atoms with Crippen LogP contribution in [0.4, 0.5) is 5.69 Å². The van der Waals surface area contributed by atoms with E-state index in [1.165, 1.54) is 5.56 Å². The molecule has 2 aromatic carbocycles. The highest BCUT2D eigenvalue weighted by Gasteiger charge is 2.12. The minimum Gasteiger partial charge on any atom is -0.471 e. The minimum absolute atomic E-state index is 0.230. The number of anilines is 1. The van der Waals surface area contributed by atoms with Crippen molar-refractivity contribution in [1.82, 2.24) is 9.78 Å². The zero-order valence-electron chi connectivity index (χ0n) is 14.9. The number of amides is 1. The quantitative estimate of drug-likeness (QED) is 0.706. The van der Waals surface area contributed by atoms with E-state index in [4.69, 9.17) is 16.3 Å². The van der Waals surface area contributed by atoms with Gasteiger partial charge in [-0.3, -0.25) is 4.79 Å². The van der Waals surface area contributed by atoms with Crippen molar-refractivity contribution in [2.45, 2.75) is 27.5 Å². The molecule has 1 N–H and O–H groups in total. The summed E-state index contributed by atoms with van der Waals surface area (Å²) >= 11 is 5.98. The van der Waals surface area contributed by atoms with E-state index in [-0.39, 0.29) is 12.6 Å². The predicted molar refractivity (Wildman–Crippen MR) is 103 cm³/mol. The maximum Gasteiger partial charge on any atom is 0.276 e. The maximum absolute atomic E-state index is 12.4. The Bertz CT molecular complexity index is 950. The van der Waals surface area contributed by atoms with Gasteiger partial charge in [0.2, 0.25) is 0 Å². The number of benzene rings is 2. The molecule has 0 atom stereocenters. The standard InChI is InChI=1S/C20H20ClN3O2/c1-13-4-7-19(15(3)10-13)26-12-24-9-8-17(23-24)20(25)22-18-11-16(21)6-5-14(18)2/h4-11H,12H2,1-3H3,(H,22,25). The van der Waals surface area contributed by atoms with Gasteiger partial charge in [0.15, 0.2) is 12.4 Å². The summed E-state index contributed by atoms with van der Waals surface area (Å²) in [6.45, 7) is 6.17. The second-order valence-corrected chi connectivity index (χ2v) is 6.63. The van der Waals surface area contributed by atoms with Crippen LogP contribution in [-0.2, 0) is 6.73 Å². The Morgan fingerprint density at radius 2 is 1.92 bits per heavy atom. The maximum atomic E-state index is 12.4. The number of hydrogen-bond donors (Lipinski definition) is 1. The van der Waals surface area contributed by atoms with Crippen molar-refractivity contribution in [3.8, 4) is 5.75 Å². The number of hydrogen-bond acceptors (Lipinski definition) is 3. The molecule has 0 radical (unpaired) electrons. The van der Waals surface area contributed by atoms with Gasteiger partial charge < -0.3 is 10.1 Å². The molecule has 3 rings (SSSR count). The number of nitrogens with one attached hydrogen (secondary N) is 1. The molecule has 134 valence electrons. The molecule has 6 heteroatoms. The van der Waals surface area contributed by atoms with Gasteiger partial charge in [0.05, 0.1) is 0 Å². The van der Waals surface area contributed by atoms with Crippen LogP contribution < -0.4 is 10.1 Å². The highest BCUT2D eigenvalue weighted by molar-refractivity contribution is 6.31. The van der Waals surface area contributed by atoms with Crippen LogP contribution >= 0.6 is 11.6 Å². The van der Waals surface area contributed by atoms with Gasteiger partial charge in [0.25, 0.3) is 5.91 Å². The molecule has 3 aromatic rings. The molecule has 5 nitrogen and oxygen atoms in total. The van der Waals surface area contributed by atoms with E-state index < -0.39 is 0 Å². The molecule has 26 heavy (non-hydrogen) atoms. The summed E-state index contributed by atoms with van der Waals surface area (Å²) in [6, 6.07) is 13.0. The third-order valence-electron chi connectivity index (χ3n) is 4.00. The second kappa shape index (κ2) is 7.62. The summed E-state index contributed by atoms with van der Waals surface area (Å²) in [6.07, 6.45) is 1.71. The fourth-order valence-corrected chi connectivity index (χ4v) is 2.74. The van der Waals surface area contributed by atoms with Crippen molar-refractivity contribution in [2.24, 2.45) is 0 Å². The Hall–Kier alpha value is -2.79. The molecular formula is C20H20ClN3O2. The summed E-state index contributed by atoms with van der Waals surface area (Å²) in [7, 11) is 0. The Morgan fingerprint density at radius 1 is 1.12 bits per heavy atom. The van der Waals surface area contributed by atoms with Crippen molar-refractivity contribution >= 4 is 23.2 Å². The first kappa shape index (κ1) is 18.0. The molecule has 0 spiro atoms. The van der Waals surface area contributed by atoms with Crippen LogP contribution in [0.25, 0.3) is 0 Å². The smallest absolute Gasteiger partial charge is 0.276 e. The Labute approximate surface area is 157 Å². The van der Waals surface area contributed by atoms with E-state index in [0.29, 0.717) is 16.4 Å². The molecule has 1 amide bonds. The molecule has 0 saturated heterocycles. The SMILES string of the molecule is Cc1ccc(OCn2ccc(C(=O)Nc3cc(Cl)ccc3C)n2)c(C)c1. The monoisotopic (exact) mass is 369 g/mol. The number of carbonyl (C=O) groups is 1. The minimum atomic E-state index is -0.291. The third-order valence-corrected chi connectivity index (χ3v) is 4.24. The van der Waals surface area contributed by atoms with Crippen LogP contribution in [0.1, 0.15) is 27.2 Å². The van der Waals surface area contributed by atoms with Gasteiger partial charge >= 0.3 is 0 Å². The van der Waals surface area contributed by atoms with E-state index in [1.54, 1.807) is 29.1 Å². The van der Waals surface area contributed by atoms with Crippen LogP contribution in [0.5, 0.6) is 5.75 Å². The predicted octanol–water partition coefficient (Wildman–Crippen LogP) is 4.75. The van der Waals surface area contributed by atoms with Crippen LogP contribution in [0.2, 0.25) is 5.02 Å². The Balaban J connectivity index is 1.65. The summed E-state index contributed by atoms with van der Waals surface area (Å²) < 4.78 is 7.36. The molecule has 0 aliphatic heterocycles. The fraction of sp³-hybridized carbons (Fsp3) is 0.200. The normalized spacial score (nSPS) is 10.6. The van der Waals surface area contributed by atoms with Crippen molar-refractivity contribution in [3.05, 3.63) is 76.1 Å². The molecule has 1 heterocycles. The summed E-state index contributed by atoms with van der Waals surface area (Å²) in [4.78, 5) is 12.4. The molecular weight excluding hydrogens is 350 g/mol. The third kappa shape index (κ3) is 4.24. The first-order valence-electron chi connectivity index (χ1n) is 8.23. The van der Waals surface area contributed by atoms with Gasteiger partial charge in [0, 0.05) is 16.9 Å². The van der Waals surface area contributed by atoms with Crippen LogP contribution in [0, 0.1) is 20.8 Å². The lowest BCUT2D eigenvalue weighted by atomic mass is 10.1. The largest absolute Gasteiger partial charge is 0.471 e. The number of carbonyl (C=O) groups excluding carboxylic acids is 1. The molecule has 0 unspecified atom stereocenters. The fourth-order valence-electron chi connectivity index (χ4n) is 2.57. The van der Waals surface area contributed by atoms with Gasteiger partial charge in [-0.15, -0.1) is 0 Å². The van der Waals surface area contributed by atoms with Crippen LogP contribution in [-0.4, -0.2) is 15.7 Å². The first-order chi connectivity index (χ1) is 12.4. The highest BCUT2D eigenvalue weighted by atomic mass is 35.5. The van der Waals surface area contributed by atoms with E-state index in [2.05, 4.69) is 16.5 Å². The van der Waals surface area contributed by atoms with E-state index in [1.807, 2.05) is 39.0 Å². The molecule has 0 saturated carbocycles. The van der Waals surface area contributed by atoms with E-state index in [9.17, 15) is 4.79 Å². The Kier molecular flexibility index (Phi) is 5.28. The van der Waals surface area contributed by atoms with Gasteiger partial charge in [-0.25, -0.2) is 4.68 Å². The topological polar surface area (TPSA) is 56.1 Å². The van der Waals surface area contributed by atoms with E-state index >= 15 is 0 Å². The lowest BCUT2D eigenvalue weighted by Gasteiger charge is -2.10. The van der Waals surface area contributed by atoms with E-state index in [0.717, 1.165) is 16.9 Å². The van der Waals surface area contributed by atoms with Gasteiger partial charge in [0.1, 0.15) is 5.75 Å². The molecule has 1 aromatic heterocycles. The molecule has 0 fully saturated rings. The summed E-state index contributed by atoms with van der Waals surface area (Å²) in [5.41, 5.74) is 4.16. The summed E-state index contributed by atoms with van der Waals surface area (Å²) in [5, 5.41) is 7.66. The average molecular weight is 370 g/mol. The average Bonchev–Trinajstić information content (AvgIpc) is 3.06. The molecule has 0 aliphatic rings. The van der Waals surface area contributed by atoms with Crippen LogP contribution in [0.15, 0.2) is 48.7 Å². The number of aromatic nitrogens is 2. The van der Waals surface area contributed by atoms with Crippen LogP contribution in [0.3, 0.4) is 0 Å². The zero-order chi connectivity index (χ0) is 18.7. The number of nitrogens with zero attached hydrogens (tertiary/aromatic N) is 2. The van der Waals surface area contributed by atoms with Crippen molar-refractivity contribution < 1.29 is 9.53 Å². The molecule has 0 bridgehead atoms. The summed E-state index contributed by atoms with van der Waals surface area (Å²) in [5.74, 6) is 0.507. The van der Waals surface area contributed by atoms with Crippen molar-refractivity contribution in [2.75, 3.05) is 5.32 Å². The number of aryl methyl sites for hydroxylation is 3. The molecule has 0 aliphatic carbocycles. The highest BCUT2D eigenvalue weighted by Crippen LogP contribution is 2.21. The number of rotatable bonds is 5. The van der Waals surface area contributed by atoms with Crippen molar-refractivity contribution in [3.63, 3.8) is 0 Å². The first-order valence-corrected chi connectivity index (χ1v) is 8.61. The number of ether oxygens (including phenoxy) is 1. The lowest BCUT2D eigenvalue weighted by Crippen LogP contribution is -2.15. The second-order valence-electron chi connectivity index (χ2n) is 6.20. The Morgan fingerprint density at radius 3 is 2.69 bits per heavy atom. The van der Waals surface area contributed by atoms with Gasteiger partial charge in [-0.05, 0) is 56.2 Å². The number of halogens is 1. The lowest BCUT2D eigenvalue weighted by molar-refractivity contribution is 0.102. The van der Waals surface area contributed by atoms with Gasteiger partial charge in [-0.2, -0.15) is 5.10 Å². The van der Waals surface area contributed by atoms with Crippen molar-refractivity contribution in [1.29, 1.82) is 0 Å². The van der Waals surface area contributed by atoms with Gasteiger partial charge in [-0.1, -0.05) is 35.4 Å². The zero-order valence-corrected chi connectivity index (χ0v) is 15.7.